The van der Waals surface area contributed by atoms with Gasteiger partial charge in [-0.3, -0.25) is 0 Å². The number of carbonyl (C=O) groups is 1. The molecule has 0 heterocycles. The molecule has 0 radical (unpaired) electrons. The van der Waals surface area contributed by atoms with Gasteiger partial charge in [-0.15, -0.1) is 0 Å². The summed E-state index contributed by atoms with van der Waals surface area (Å²) in [6.07, 6.45) is 4.95. The number of para-hydroxylation sites is 1. The normalized spacial score (nSPS) is 8.75. The van der Waals surface area contributed by atoms with Crippen molar-refractivity contribution in [2.75, 3.05) is 7.11 Å². The van der Waals surface area contributed by atoms with Gasteiger partial charge in [0.15, 0.2) is 11.5 Å². The molecule has 0 saturated carbocycles. The Labute approximate surface area is 150 Å². The Kier molecular flexibility index (Phi) is 22.3. The van der Waals surface area contributed by atoms with Crippen LogP contribution >= 0.6 is 0 Å². The Morgan fingerprint density at radius 3 is 1.71 bits per heavy atom. The van der Waals surface area contributed by atoms with Crippen LogP contribution in [0, 0.1) is 5.92 Å². The van der Waals surface area contributed by atoms with Crippen molar-refractivity contribution in [1.29, 1.82) is 0 Å². The molecule has 1 aromatic rings. The third-order valence-corrected chi connectivity index (χ3v) is 2.37. The number of carbonyl (C=O) groups excluding carboxylic acids is 1. The quantitative estimate of drug-likeness (QED) is 0.688. The van der Waals surface area contributed by atoms with Crippen LogP contribution in [0.2, 0.25) is 0 Å². The molecule has 1 aromatic carbocycles. The summed E-state index contributed by atoms with van der Waals surface area (Å²) >= 11 is 0. The summed E-state index contributed by atoms with van der Waals surface area (Å²) in [5.41, 5.74) is 1.03. The number of aromatic hydroxyl groups is 1. The van der Waals surface area contributed by atoms with Crippen molar-refractivity contribution in [3.8, 4) is 11.5 Å². The minimum Gasteiger partial charge on any atom is -0.504 e. The van der Waals surface area contributed by atoms with Gasteiger partial charge in [-0.2, -0.15) is 0 Å². The van der Waals surface area contributed by atoms with E-state index in [1.54, 1.807) is 13.2 Å². The molecule has 0 fully saturated rings. The average molecular weight is 341 g/mol. The molecule has 0 bridgehead atoms. The zero-order valence-corrected chi connectivity index (χ0v) is 17.4. The Bertz CT molecular complexity index is 389. The number of unbranched alkanes of at least 4 members (excludes halogenated alkanes) is 2. The van der Waals surface area contributed by atoms with Crippen LogP contribution in [0.3, 0.4) is 0 Å². The summed E-state index contributed by atoms with van der Waals surface area (Å²) < 4.78 is 5.02. The monoisotopic (exact) mass is 340 g/mol. The van der Waals surface area contributed by atoms with E-state index < -0.39 is 0 Å². The van der Waals surface area contributed by atoms with Crippen LogP contribution in [0.1, 0.15) is 80.2 Å². The third-order valence-electron chi connectivity index (χ3n) is 2.37. The summed E-state index contributed by atoms with van der Waals surface area (Å²) in [5, 5.41) is 9.30. The van der Waals surface area contributed by atoms with E-state index in [0.29, 0.717) is 5.75 Å². The predicted molar refractivity (Wildman–Crippen MR) is 106 cm³/mol. The number of benzene rings is 1. The Morgan fingerprint density at radius 2 is 1.50 bits per heavy atom. The van der Waals surface area contributed by atoms with Crippen LogP contribution in [0.15, 0.2) is 18.2 Å². The lowest BCUT2D eigenvalue weighted by atomic mass is 10.1. The number of hydrogen-bond acceptors (Lipinski definition) is 3. The third kappa shape index (κ3) is 22.8. The van der Waals surface area contributed by atoms with Gasteiger partial charge in [0.2, 0.25) is 0 Å². The number of ketones is 1. The second kappa shape index (κ2) is 19.5. The maximum Gasteiger partial charge on any atom is 0.163 e. The van der Waals surface area contributed by atoms with E-state index >= 15 is 0 Å². The van der Waals surface area contributed by atoms with Gasteiger partial charge >= 0.3 is 0 Å². The highest BCUT2D eigenvalue weighted by Gasteiger charge is 2.04. The Balaban J connectivity index is -0.000000285. The molecule has 0 spiro atoms. The van der Waals surface area contributed by atoms with Crippen LogP contribution < -0.4 is 4.74 Å². The predicted octanol–water partition coefficient (Wildman–Crippen LogP) is 6.42. The van der Waals surface area contributed by atoms with Crippen molar-refractivity contribution in [3.63, 3.8) is 0 Å². The number of hydrogen-bond donors (Lipinski definition) is 1. The van der Waals surface area contributed by atoms with Crippen molar-refractivity contribution >= 4 is 5.78 Å². The number of methoxy groups -OCH3 is 1. The first-order valence-corrected chi connectivity index (χ1v) is 8.99. The number of ether oxygens (including phenoxy) is 1. The van der Waals surface area contributed by atoms with Crippen molar-refractivity contribution < 1.29 is 14.6 Å². The summed E-state index contributed by atoms with van der Waals surface area (Å²) in [5.74, 6) is 1.81. The van der Waals surface area contributed by atoms with E-state index in [1.807, 2.05) is 19.1 Å². The molecule has 0 atom stereocenters. The van der Waals surface area contributed by atoms with Crippen LogP contribution in [-0.4, -0.2) is 18.0 Å². The van der Waals surface area contributed by atoms with E-state index in [0.717, 1.165) is 17.9 Å². The molecule has 24 heavy (non-hydrogen) atoms. The van der Waals surface area contributed by atoms with Crippen LogP contribution in [0.25, 0.3) is 0 Å². The first-order chi connectivity index (χ1) is 11.2. The summed E-state index contributed by atoms with van der Waals surface area (Å²) in [7, 11) is 1.56. The minimum absolute atomic E-state index is 0.167. The number of aryl methyl sites for hydroxylation is 1. The molecule has 0 aliphatic rings. The van der Waals surface area contributed by atoms with Gasteiger partial charge in [0.25, 0.3) is 0 Å². The van der Waals surface area contributed by atoms with E-state index in [2.05, 4.69) is 34.6 Å². The van der Waals surface area contributed by atoms with Gasteiger partial charge in [0.1, 0.15) is 5.78 Å². The topological polar surface area (TPSA) is 46.5 Å². The highest BCUT2D eigenvalue weighted by molar-refractivity contribution is 5.72. The second-order valence-electron chi connectivity index (χ2n) is 6.32. The molecule has 0 aliphatic heterocycles. The average Bonchev–Trinajstić information content (AvgIpc) is 2.47. The fourth-order valence-corrected chi connectivity index (χ4v) is 1.44. The molecule has 0 unspecified atom stereocenters. The fourth-order valence-electron chi connectivity index (χ4n) is 1.44. The van der Waals surface area contributed by atoms with Crippen molar-refractivity contribution in [2.24, 2.45) is 5.92 Å². The Morgan fingerprint density at radius 1 is 1.08 bits per heavy atom. The van der Waals surface area contributed by atoms with Gasteiger partial charge < -0.3 is 14.6 Å². The van der Waals surface area contributed by atoms with Gasteiger partial charge in [-0.05, 0) is 37.8 Å². The van der Waals surface area contributed by atoms with Gasteiger partial charge in [0, 0.05) is 0 Å². The van der Waals surface area contributed by atoms with Gasteiger partial charge in [-0.1, -0.05) is 72.9 Å². The molecule has 3 heteroatoms. The lowest BCUT2D eigenvalue weighted by Crippen LogP contribution is -1.89. The molecule has 1 N–H and O–H groups in total. The highest BCUT2D eigenvalue weighted by Crippen LogP contribution is 2.29. The van der Waals surface area contributed by atoms with E-state index in [-0.39, 0.29) is 11.5 Å². The fraction of sp³-hybridized carbons (Fsp3) is 0.667. The molecule has 0 aliphatic carbocycles. The van der Waals surface area contributed by atoms with Crippen LogP contribution in [0.5, 0.6) is 11.5 Å². The van der Waals surface area contributed by atoms with Crippen LogP contribution in [-0.2, 0) is 11.2 Å². The maximum atomic E-state index is 9.44. The van der Waals surface area contributed by atoms with Gasteiger partial charge in [0.05, 0.1) is 7.11 Å². The van der Waals surface area contributed by atoms with E-state index in [1.165, 1.54) is 33.1 Å². The Hall–Kier alpha value is -1.51. The number of rotatable bonds is 4. The van der Waals surface area contributed by atoms with Crippen molar-refractivity contribution in [2.45, 2.75) is 81.1 Å². The van der Waals surface area contributed by atoms with Crippen LogP contribution in [0.4, 0.5) is 0 Å². The summed E-state index contributed by atoms with van der Waals surface area (Å²) in [4.78, 5) is 9.44. The summed E-state index contributed by atoms with van der Waals surface area (Å²) in [6, 6.07) is 5.38. The lowest BCUT2D eigenvalue weighted by Gasteiger charge is -2.07. The number of phenolic OH excluding ortho intramolecular Hbond substituents is 1. The molecule has 0 saturated heterocycles. The largest absolute Gasteiger partial charge is 0.504 e. The van der Waals surface area contributed by atoms with E-state index in [9.17, 15) is 9.90 Å². The second-order valence-corrected chi connectivity index (χ2v) is 6.32. The molecule has 3 nitrogen and oxygen atoms in total. The van der Waals surface area contributed by atoms with Crippen molar-refractivity contribution in [3.05, 3.63) is 23.8 Å². The first-order valence-electron chi connectivity index (χ1n) is 8.99. The van der Waals surface area contributed by atoms with Crippen molar-refractivity contribution in [1.82, 2.24) is 0 Å². The maximum absolute atomic E-state index is 9.44. The standard InChI is InChI=1S/C9H12O2.C5H12.C4H10.C3H6O/c1-3-7-5-4-6-8(10)9(7)11-2;1-3-5-4-2;1-4(2)3;1-3(2)4/h4-6,10H,3H2,1-2H3;3-5H2,1-2H3;4H,1-3H3;1-2H3. The molecular weight excluding hydrogens is 300 g/mol. The molecule has 0 amide bonds. The zero-order chi connectivity index (χ0) is 19.5. The number of phenols is 1. The SMILES string of the molecule is CC(C)=O.CC(C)C.CCCCC.CCc1cccc(O)c1OC. The highest BCUT2D eigenvalue weighted by atomic mass is 16.5. The molecular formula is C21H40O3. The minimum atomic E-state index is 0.167. The smallest absolute Gasteiger partial charge is 0.163 e. The zero-order valence-electron chi connectivity index (χ0n) is 17.4. The molecule has 142 valence electrons. The number of Topliss-reactive ketones (excluding diaryl/α,β-unsaturated/α-hetero) is 1. The lowest BCUT2D eigenvalue weighted by molar-refractivity contribution is -0.114. The van der Waals surface area contributed by atoms with E-state index in [4.69, 9.17) is 4.74 Å². The molecule has 0 aromatic heterocycles. The van der Waals surface area contributed by atoms with Gasteiger partial charge in [-0.25, -0.2) is 0 Å². The first kappa shape index (κ1) is 27.3. The summed E-state index contributed by atoms with van der Waals surface area (Å²) in [6.45, 7) is 16.0. The molecule has 1 rings (SSSR count).